The average molecular weight is 521 g/mol. The Morgan fingerprint density at radius 1 is 1.00 bits per heavy atom. The van der Waals surface area contributed by atoms with Crippen molar-refractivity contribution in [2.75, 3.05) is 17.0 Å². The van der Waals surface area contributed by atoms with Crippen LogP contribution in [-0.2, 0) is 9.59 Å². The molecular formula is C24H17BrN4O5. The van der Waals surface area contributed by atoms with Gasteiger partial charge in [-0.15, -0.1) is 0 Å². The van der Waals surface area contributed by atoms with E-state index in [0.717, 1.165) is 9.37 Å². The molecule has 2 aliphatic rings. The zero-order chi connectivity index (χ0) is 24.0. The first-order valence-electron chi connectivity index (χ1n) is 10.3. The van der Waals surface area contributed by atoms with E-state index in [9.17, 15) is 19.7 Å². The number of carbonyl (C=O) groups is 2. The highest BCUT2D eigenvalue weighted by atomic mass is 79.9. The summed E-state index contributed by atoms with van der Waals surface area (Å²) in [6.07, 6.45) is 0. The number of hydrogen-bond donors (Lipinski definition) is 0. The molecule has 0 spiro atoms. The maximum absolute atomic E-state index is 13.7. The van der Waals surface area contributed by atoms with Crippen molar-refractivity contribution in [3.8, 4) is 5.75 Å². The van der Waals surface area contributed by atoms with Gasteiger partial charge in [0.25, 0.3) is 11.6 Å². The van der Waals surface area contributed by atoms with Crippen LogP contribution in [0, 0.1) is 16.0 Å². The Kier molecular flexibility index (Phi) is 5.37. The molecule has 170 valence electrons. The number of imide groups is 1. The standard InChI is InChI=1S/C24H17BrN4O5/c1-34-19-12-11-17(29(32)33)13-18(19)27-23(30)20-21(14-7-9-15(25)10-8-14)26-28(22(20)24(27)31)16-5-3-2-4-6-16/h2-13,20,22H,1H3/t20-,22-/m1/s1. The Bertz CT molecular complexity index is 1340. The molecule has 0 unspecified atom stereocenters. The van der Waals surface area contributed by atoms with E-state index in [1.165, 1.54) is 25.3 Å². The second kappa shape index (κ2) is 8.38. The predicted octanol–water partition coefficient (Wildman–Crippen LogP) is 4.15. The van der Waals surface area contributed by atoms with E-state index in [4.69, 9.17) is 4.74 Å². The molecule has 0 bridgehead atoms. The molecule has 2 amide bonds. The number of nitro benzene ring substituents is 1. The highest BCUT2D eigenvalue weighted by Gasteiger charge is 2.58. The van der Waals surface area contributed by atoms with Gasteiger partial charge in [-0.2, -0.15) is 5.10 Å². The van der Waals surface area contributed by atoms with E-state index in [0.29, 0.717) is 17.0 Å². The Morgan fingerprint density at radius 3 is 2.35 bits per heavy atom. The van der Waals surface area contributed by atoms with Crippen LogP contribution in [-0.4, -0.2) is 35.6 Å². The van der Waals surface area contributed by atoms with E-state index < -0.39 is 28.7 Å². The van der Waals surface area contributed by atoms with E-state index in [2.05, 4.69) is 21.0 Å². The van der Waals surface area contributed by atoms with Crippen molar-refractivity contribution in [2.45, 2.75) is 6.04 Å². The summed E-state index contributed by atoms with van der Waals surface area (Å²) in [5.41, 5.74) is 1.58. The van der Waals surface area contributed by atoms with Gasteiger partial charge in [0, 0.05) is 16.6 Å². The third kappa shape index (κ3) is 3.43. The van der Waals surface area contributed by atoms with Gasteiger partial charge >= 0.3 is 0 Å². The quantitative estimate of drug-likeness (QED) is 0.284. The van der Waals surface area contributed by atoms with Crippen LogP contribution < -0.4 is 14.6 Å². The molecule has 10 heteroatoms. The van der Waals surface area contributed by atoms with Crippen LogP contribution in [0.25, 0.3) is 0 Å². The van der Waals surface area contributed by atoms with E-state index in [-0.39, 0.29) is 17.1 Å². The van der Waals surface area contributed by atoms with Crippen molar-refractivity contribution in [1.29, 1.82) is 0 Å². The number of nitrogens with zero attached hydrogens (tertiary/aromatic N) is 4. The first-order chi connectivity index (χ1) is 16.4. The lowest BCUT2D eigenvalue weighted by molar-refractivity contribution is -0.384. The molecule has 1 fully saturated rings. The van der Waals surface area contributed by atoms with Gasteiger partial charge in [-0.25, -0.2) is 4.90 Å². The molecular weight excluding hydrogens is 504 g/mol. The molecule has 0 aromatic heterocycles. The number of anilines is 2. The van der Waals surface area contributed by atoms with Gasteiger partial charge in [0.2, 0.25) is 5.91 Å². The van der Waals surface area contributed by atoms with Crippen LogP contribution >= 0.6 is 15.9 Å². The fraction of sp³-hybridized carbons (Fsp3) is 0.125. The summed E-state index contributed by atoms with van der Waals surface area (Å²) < 4.78 is 6.19. The Morgan fingerprint density at radius 2 is 1.71 bits per heavy atom. The second-order valence-corrected chi connectivity index (χ2v) is 8.64. The molecule has 0 radical (unpaired) electrons. The lowest BCUT2D eigenvalue weighted by atomic mass is 9.93. The number of fused-ring (bicyclic) bond motifs is 1. The highest BCUT2D eigenvalue weighted by molar-refractivity contribution is 9.10. The van der Waals surface area contributed by atoms with Crippen molar-refractivity contribution in [3.05, 3.63) is 92.9 Å². The molecule has 0 aliphatic carbocycles. The summed E-state index contributed by atoms with van der Waals surface area (Å²) in [5.74, 6) is -1.76. The van der Waals surface area contributed by atoms with Gasteiger partial charge in [0.05, 0.1) is 23.4 Å². The van der Waals surface area contributed by atoms with E-state index in [1.807, 2.05) is 42.5 Å². The van der Waals surface area contributed by atoms with Crippen LogP contribution in [0.4, 0.5) is 17.1 Å². The Labute approximate surface area is 202 Å². The number of hydrazone groups is 1. The molecule has 1 saturated heterocycles. The van der Waals surface area contributed by atoms with Gasteiger partial charge in [0.15, 0.2) is 0 Å². The zero-order valence-corrected chi connectivity index (χ0v) is 19.4. The third-order valence-corrected chi connectivity index (χ3v) is 6.35. The minimum Gasteiger partial charge on any atom is -0.495 e. The summed E-state index contributed by atoms with van der Waals surface area (Å²) in [5, 5.41) is 17.6. The first kappa shape index (κ1) is 21.8. The minimum absolute atomic E-state index is 0.0317. The molecule has 0 saturated carbocycles. The molecule has 3 aromatic carbocycles. The molecule has 2 heterocycles. The first-order valence-corrected chi connectivity index (χ1v) is 11.1. The number of nitro groups is 1. The lowest BCUT2D eigenvalue weighted by Crippen LogP contribution is -2.39. The zero-order valence-electron chi connectivity index (χ0n) is 17.8. The maximum atomic E-state index is 13.7. The number of non-ortho nitro benzene ring substituents is 1. The SMILES string of the molecule is COc1ccc([N+](=O)[O-])cc1N1C(=O)[C@@H]2C(c3ccc(Br)cc3)=NN(c3ccccc3)[C@H]2C1=O. The topological polar surface area (TPSA) is 105 Å². The van der Waals surface area contributed by atoms with Gasteiger partial charge in [-0.05, 0) is 35.9 Å². The lowest BCUT2D eigenvalue weighted by Gasteiger charge is -2.22. The van der Waals surface area contributed by atoms with Gasteiger partial charge in [-0.3, -0.25) is 24.7 Å². The number of methoxy groups -OCH3 is 1. The smallest absolute Gasteiger partial charge is 0.271 e. The fourth-order valence-corrected chi connectivity index (χ4v) is 4.54. The van der Waals surface area contributed by atoms with Crippen LogP contribution in [0.2, 0.25) is 0 Å². The number of rotatable bonds is 5. The molecule has 2 atom stereocenters. The van der Waals surface area contributed by atoms with Crippen LogP contribution in [0.15, 0.2) is 82.4 Å². The molecule has 0 N–H and O–H groups in total. The summed E-state index contributed by atoms with van der Waals surface area (Å²) in [7, 11) is 1.38. The average Bonchev–Trinajstić information content (AvgIpc) is 3.36. The summed E-state index contributed by atoms with van der Waals surface area (Å²) in [4.78, 5) is 39.2. The molecule has 9 nitrogen and oxygen atoms in total. The van der Waals surface area contributed by atoms with Crippen molar-refractivity contribution in [1.82, 2.24) is 0 Å². The summed E-state index contributed by atoms with van der Waals surface area (Å²) >= 11 is 3.41. The van der Waals surface area contributed by atoms with Gasteiger partial charge < -0.3 is 4.74 Å². The number of halogens is 1. The monoisotopic (exact) mass is 520 g/mol. The Balaban J connectivity index is 1.65. The van der Waals surface area contributed by atoms with E-state index in [1.54, 1.807) is 17.1 Å². The number of ether oxygens (including phenoxy) is 1. The van der Waals surface area contributed by atoms with Crippen LogP contribution in [0.1, 0.15) is 5.56 Å². The van der Waals surface area contributed by atoms with Crippen molar-refractivity contribution < 1.29 is 19.2 Å². The van der Waals surface area contributed by atoms with Crippen LogP contribution in [0.3, 0.4) is 0 Å². The Hall–Kier alpha value is -4.05. The van der Waals surface area contributed by atoms with Crippen molar-refractivity contribution >= 4 is 50.5 Å². The number of para-hydroxylation sites is 1. The molecule has 3 aromatic rings. The molecule has 34 heavy (non-hydrogen) atoms. The summed E-state index contributed by atoms with van der Waals surface area (Å²) in [6.45, 7) is 0. The van der Waals surface area contributed by atoms with Crippen molar-refractivity contribution in [3.63, 3.8) is 0 Å². The highest BCUT2D eigenvalue weighted by Crippen LogP contribution is 2.42. The predicted molar refractivity (Wildman–Crippen MR) is 129 cm³/mol. The number of carbonyl (C=O) groups excluding carboxylic acids is 2. The second-order valence-electron chi connectivity index (χ2n) is 7.72. The third-order valence-electron chi connectivity index (χ3n) is 5.82. The van der Waals surface area contributed by atoms with E-state index >= 15 is 0 Å². The van der Waals surface area contributed by atoms with Gasteiger partial charge in [0.1, 0.15) is 23.4 Å². The fourth-order valence-electron chi connectivity index (χ4n) is 4.27. The maximum Gasteiger partial charge on any atom is 0.271 e. The van der Waals surface area contributed by atoms with Crippen LogP contribution in [0.5, 0.6) is 5.75 Å². The number of amides is 2. The van der Waals surface area contributed by atoms with Crippen molar-refractivity contribution in [2.24, 2.45) is 11.0 Å². The molecule has 5 rings (SSSR count). The normalized spacial score (nSPS) is 19.3. The minimum atomic E-state index is -0.933. The number of benzene rings is 3. The summed E-state index contributed by atoms with van der Waals surface area (Å²) in [6, 6.07) is 19.3. The molecule has 2 aliphatic heterocycles. The largest absolute Gasteiger partial charge is 0.495 e. The van der Waals surface area contributed by atoms with Gasteiger partial charge in [-0.1, -0.05) is 46.3 Å². The number of hydrogen-bond acceptors (Lipinski definition) is 7.